The molecule has 0 N–H and O–H groups in total. The zero-order valence-corrected chi connectivity index (χ0v) is 67.0. The Morgan fingerprint density at radius 3 is 0.281 bits per heavy atom. The molecular formula is C50H126Si14. The van der Waals surface area contributed by atoms with Crippen molar-refractivity contribution in [3.63, 3.8) is 0 Å². The molecule has 0 radical (unpaired) electrons. The van der Waals surface area contributed by atoms with Crippen LogP contribution in [0.1, 0.15) is 166 Å². The lowest BCUT2D eigenvalue weighted by Gasteiger charge is -2.64. The maximum absolute atomic E-state index is 3.66. The second-order valence-corrected chi connectivity index (χ2v) is 214. The van der Waals surface area contributed by atoms with Crippen molar-refractivity contribution in [2.45, 2.75) is 324 Å². The fourth-order valence-corrected chi connectivity index (χ4v) is 1270. The van der Waals surface area contributed by atoms with Gasteiger partial charge in [-0.1, -0.05) is 284 Å². The van der Waals surface area contributed by atoms with Crippen LogP contribution >= 0.6 is 0 Å². The van der Waals surface area contributed by atoms with E-state index in [0.29, 0.717) is 40.3 Å². The summed E-state index contributed by atoms with van der Waals surface area (Å²) in [5.41, 5.74) is 0. The highest BCUT2D eigenvalue weighted by molar-refractivity contribution is 8.71. The van der Waals surface area contributed by atoms with Crippen LogP contribution in [0, 0.1) is 0 Å². The molecule has 2 heterocycles. The van der Waals surface area contributed by atoms with Crippen LogP contribution in [-0.4, -0.2) is 98.6 Å². The Morgan fingerprint density at radius 1 is 0.172 bits per heavy atom. The van der Waals surface area contributed by atoms with E-state index in [1.165, 1.54) is 0 Å². The summed E-state index contributed by atoms with van der Waals surface area (Å²) < 4.78 is 0. The van der Waals surface area contributed by atoms with Gasteiger partial charge in [0.1, 0.15) is 0 Å². The summed E-state index contributed by atoms with van der Waals surface area (Å²) in [6.45, 7) is 125. The van der Waals surface area contributed by atoms with E-state index in [2.05, 4.69) is 284 Å². The Kier molecular flexibility index (Phi) is 15.1. The zero-order chi connectivity index (χ0) is 53.0. The third-order valence-electron chi connectivity index (χ3n) is 27.5. The summed E-state index contributed by atoms with van der Waals surface area (Å²) in [5.74, 6) is 0. The molecule has 0 nitrogen and oxygen atoms in total. The van der Waals surface area contributed by atoms with Gasteiger partial charge in [0.15, 0.2) is 0 Å². The van der Waals surface area contributed by atoms with E-state index in [9.17, 15) is 0 Å². The van der Waals surface area contributed by atoms with Crippen LogP contribution in [0.2, 0.25) is 158 Å². The highest BCUT2D eigenvalue weighted by Crippen LogP contribution is 2.87. The molecule has 0 aromatic carbocycles. The molecule has 0 bridgehead atoms. The first kappa shape index (κ1) is 63.2. The lowest BCUT2D eigenvalue weighted by molar-refractivity contribution is 0.724. The molecule has 0 amide bonds. The normalized spacial score (nSPS) is 23.0. The van der Waals surface area contributed by atoms with Crippen molar-refractivity contribution in [3.05, 3.63) is 0 Å². The molecule has 0 aromatic heterocycles. The van der Waals surface area contributed by atoms with Gasteiger partial charge in [-0.3, -0.25) is 0 Å². The monoisotopic (exact) mass is 1120 g/mol. The Morgan fingerprint density at radius 2 is 0.234 bits per heavy atom. The molecule has 14 heteroatoms. The molecule has 0 spiro atoms. The summed E-state index contributed by atoms with van der Waals surface area (Å²) in [6.07, 6.45) is -8.42. The molecule has 0 aliphatic carbocycles. The average molecular weight is 1120 g/mol. The minimum Gasteiger partial charge on any atom is -0.0762 e. The molecule has 0 unspecified atom stereocenters. The van der Waals surface area contributed by atoms with Crippen molar-refractivity contribution in [3.8, 4) is 0 Å². The van der Waals surface area contributed by atoms with Crippen LogP contribution < -0.4 is 0 Å². The van der Waals surface area contributed by atoms with Gasteiger partial charge in [-0.05, 0) is 40.3 Å². The van der Waals surface area contributed by atoms with Gasteiger partial charge < -0.3 is 0 Å². The molecule has 0 saturated carbocycles. The molecule has 382 valence electrons. The van der Waals surface area contributed by atoms with Crippen molar-refractivity contribution in [1.82, 2.24) is 0 Å². The van der Waals surface area contributed by atoms with E-state index in [1.54, 1.807) is 0 Å². The Hall–Kier alpha value is 3.04. The predicted molar refractivity (Wildman–Crippen MR) is 344 cm³/mol. The van der Waals surface area contributed by atoms with E-state index >= 15 is 0 Å². The van der Waals surface area contributed by atoms with E-state index in [1.807, 2.05) is 0 Å². The van der Waals surface area contributed by atoms with Crippen LogP contribution in [0.15, 0.2) is 0 Å². The lowest BCUT2D eigenvalue weighted by Crippen LogP contribution is -2.86. The topological polar surface area (TPSA) is 0 Å². The predicted octanol–water partition coefficient (Wildman–Crippen LogP) is 19.2. The zero-order valence-electron chi connectivity index (χ0n) is 53.0. The minimum absolute atomic E-state index is 0.415. The van der Waals surface area contributed by atoms with Gasteiger partial charge in [-0.25, -0.2) is 0 Å². The van der Waals surface area contributed by atoms with E-state index in [-0.39, 0.29) is 0 Å². The van der Waals surface area contributed by atoms with Crippen LogP contribution in [0.4, 0.5) is 0 Å². The highest BCUT2D eigenvalue weighted by atomic mass is 30.9. The maximum Gasteiger partial charge on any atom is 0.0385 e. The summed E-state index contributed by atoms with van der Waals surface area (Å²) in [5, 5.41) is 3.32. The fourth-order valence-electron chi connectivity index (χ4n) is 19.3. The fraction of sp³-hybridized carbons (Fsp3) is 1.00. The van der Waals surface area contributed by atoms with Gasteiger partial charge in [0, 0.05) is 98.6 Å². The Balaban J connectivity index is 4.49. The summed E-state index contributed by atoms with van der Waals surface area (Å²) >= 11 is 0. The molecule has 2 saturated heterocycles. The highest BCUT2D eigenvalue weighted by Gasteiger charge is 3.15. The largest absolute Gasteiger partial charge is 0.0762 e. The van der Waals surface area contributed by atoms with E-state index in [4.69, 9.17) is 0 Å². The maximum atomic E-state index is 3.66. The first-order valence-electron chi connectivity index (χ1n) is 26.8. The number of rotatable bonds is 9. The van der Waals surface area contributed by atoms with Gasteiger partial charge in [0.2, 0.25) is 0 Å². The first-order chi connectivity index (χ1) is 26.8. The van der Waals surface area contributed by atoms with Gasteiger partial charge in [0.05, 0.1) is 0 Å². The lowest BCUT2D eigenvalue weighted by atomic mass is 10.2. The third-order valence-corrected chi connectivity index (χ3v) is 531. The quantitative estimate of drug-likeness (QED) is 0.202. The first-order valence-corrected chi connectivity index (χ1v) is 78.8. The summed E-state index contributed by atoms with van der Waals surface area (Å²) in [7, 11) is -16.0. The van der Waals surface area contributed by atoms with Crippen LogP contribution in [0.5, 0.6) is 0 Å². The molecule has 2 aliphatic rings. The van der Waals surface area contributed by atoms with E-state index in [0.717, 1.165) is 0 Å². The van der Waals surface area contributed by atoms with Crippen molar-refractivity contribution in [2.24, 2.45) is 0 Å². The number of hydrogen-bond acceptors (Lipinski definition) is 0. The number of hydrogen-bond donors (Lipinski definition) is 0. The van der Waals surface area contributed by atoms with Crippen LogP contribution in [0.3, 0.4) is 0 Å². The molecular weight excluding hydrogens is 994 g/mol. The Bertz CT molecular complexity index is 1430. The smallest absolute Gasteiger partial charge is 0.0385 e. The standard InChI is InChI=1S/C50H126Si14/c1-43(2,3)51(25,26)61(52(27,28)44(4,5)6)59(41,62(61,53(29,30)45(7,8)9)54(31,32)46(10,11)12)60(42)63(55(33,34)47(13,14)15,56(35,36)48(16,17)18)64(60,57(37,38)49(19,20)21)58(39,40)50(22,23)24/h1-42H3. The molecule has 0 aromatic rings. The van der Waals surface area contributed by atoms with Gasteiger partial charge in [-0.2, -0.15) is 0 Å². The summed E-state index contributed by atoms with van der Waals surface area (Å²) in [4.78, 5) is 0. The van der Waals surface area contributed by atoms with Crippen molar-refractivity contribution in [2.75, 3.05) is 0 Å². The Labute approximate surface area is 419 Å². The van der Waals surface area contributed by atoms with Crippen LogP contribution in [0.25, 0.3) is 0 Å². The molecule has 64 heavy (non-hydrogen) atoms. The van der Waals surface area contributed by atoms with Crippen molar-refractivity contribution < 1.29 is 0 Å². The second kappa shape index (κ2) is 15.3. The SMILES string of the molecule is CC(C)(C)[Si](C)(C)[Si]1([Si](C)(C)C(C)(C)C)[Si](C)([Si]2(C)[Si]([Si](C)(C)C(C)(C)C)([Si](C)(C)C(C)(C)C)[Si]2([Si](C)(C)C(C)(C)C)[Si](C)(C)C(C)(C)C)[Si]1([Si](C)(C)C(C)(C)C)[Si](C)(C)C(C)(C)C. The van der Waals surface area contributed by atoms with Crippen molar-refractivity contribution in [1.29, 1.82) is 0 Å². The molecule has 0 atom stereocenters. The van der Waals surface area contributed by atoms with Crippen molar-refractivity contribution >= 4 is 98.6 Å². The minimum atomic E-state index is -2.14. The molecule has 2 fully saturated rings. The average Bonchev–Trinajstić information content (AvgIpc) is 3.76. The molecule has 2 aliphatic heterocycles. The van der Waals surface area contributed by atoms with Gasteiger partial charge in [-0.15, -0.1) is 0 Å². The third kappa shape index (κ3) is 6.28. The van der Waals surface area contributed by atoms with Gasteiger partial charge in [0.25, 0.3) is 0 Å². The van der Waals surface area contributed by atoms with Gasteiger partial charge >= 0.3 is 0 Å². The van der Waals surface area contributed by atoms with E-state index < -0.39 is 98.6 Å². The molecule has 2 rings (SSSR count). The van der Waals surface area contributed by atoms with Crippen LogP contribution in [-0.2, 0) is 0 Å². The summed E-state index contributed by atoms with van der Waals surface area (Å²) in [6, 6.07) is 0. The second-order valence-electron chi connectivity index (χ2n) is 36.2.